The monoisotopic (exact) mass is 351 g/mol. The Labute approximate surface area is 151 Å². The number of thioether (sulfide) groups is 1. The SMILES string of the molecule is CN=C(NCC(C)Cn1nc(C)cc1C)N1CCSC(C(C)C)C1. The summed E-state index contributed by atoms with van der Waals surface area (Å²) in [5.74, 6) is 3.44. The molecule has 1 aromatic heterocycles. The van der Waals surface area contributed by atoms with Gasteiger partial charge in [0.15, 0.2) is 5.96 Å². The Morgan fingerprint density at radius 2 is 2.17 bits per heavy atom. The lowest BCUT2D eigenvalue weighted by Crippen LogP contribution is -2.49. The van der Waals surface area contributed by atoms with Crippen LogP contribution in [0.15, 0.2) is 11.1 Å². The fourth-order valence-electron chi connectivity index (χ4n) is 3.09. The van der Waals surface area contributed by atoms with E-state index in [1.54, 1.807) is 0 Å². The first-order valence-electron chi connectivity index (χ1n) is 8.99. The lowest BCUT2D eigenvalue weighted by atomic mass is 10.1. The Balaban J connectivity index is 1.85. The van der Waals surface area contributed by atoms with Crippen molar-refractivity contribution in [3.63, 3.8) is 0 Å². The second-order valence-corrected chi connectivity index (χ2v) is 8.59. The highest BCUT2D eigenvalue weighted by Crippen LogP contribution is 2.24. The van der Waals surface area contributed by atoms with Crippen LogP contribution < -0.4 is 5.32 Å². The molecule has 1 N–H and O–H groups in total. The average molecular weight is 352 g/mol. The lowest BCUT2D eigenvalue weighted by molar-refractivity contribution is 0.371. The second kappa shape index (κ2) is 8.79. The van der Waals surface area contributed by atoms with E-state index >= 15 is 0 Å². The standard InChI is InChI=1S/C18H33N5S/c1-13(2)17-12-22(7-8-24-17)18(19-6)20-10-14(3)11-23-16(5)9-15(4)21-23/h9,13-14,17H,7-8,10-12H2,1-6H3,(H,19,20). The largest absolute Gasteiger partial charge is 0.356 e. The quantitative estimate of drug-likeness (QED) is 0.654. The van der Waals surface area contributed by atoms with Gasteiger partial charge in [-0.2, -0.15) is 16.9 Å². The van der Waals surface area contributed by atoms with Crippen molar-refractivity contribution in [2.75, 3.05) is 32.4 Å². The molecule has 0 saturated carbocycles. The van der Waals surface area contributed by atoms with Gasteiger partial charge in [-0.15, -0.1) is 0 Å². The van der Waals surface area contributed by atoms with Gasteiger partial charge in [0.05, 0.1) is 5.69 Å². The molecule has 0 spiro atoms. The van der Waals surface area contributed by atoms with Gasteiger partial charge in [-0.3, -0.25) is 9.67 Å². The Bertz CT molecular complexity index is 552. The van der Waals surface area contributed by atoms with Crippen LogP contribution in [-0.2, 0) is 6.54 Å². The Hall–Kier alpha value is -1.17. The summed E-state index contributed by atoms with van der Waals surface area (Å²) in [5.41, 5.74) is 2.32. The molecule has 5 nitrogen and oxygen atoms in total. The Kier molecular flexibility index (Phi) is 7.02. The van der Waals surface area contributed by atoms with Crippen molar-refractivity contribution in [2.24, 2.45) is 16.8 Å². The summed E-state index contributed by atoms with van der Waals surface area (Å²) in [5, 5.41) is 8.83. The Morgan fingerprint density at radius 3 is 2.75 bits per heavy atom. The van der Waals surface area contributed by atoms with E-state index in [9.17, 15) is 0 Å². The van der Waals surface area contributed by atoms with Gasteiger partial charge in [0, 0.05) is 49.9 Å². The van der Waals surface area contributed by atoms with E-state index in [-0.39, 0.29) is 0 Å². The first-order chi connectivity index (χ1) is 11.4. The van der Waals surface area contributed by atoms with Crippen LogP contribution in [0.4, 0.5) is 0 Å². The van der Waals surface area contributed by atoms with Gasteiger partial charge in [0.2, 0.25) is 0 Å². The molecule has 2 rings (SSSR count). The molecule has 1 saturated heterocycles. The van der Waals surface area contributed by atoms with Crippen molar-refractivity contribution in [1.29, 1.82) is 0 Å². The van der Waals surface area contributed by atoms with E-state index in [2.05, 4.69) is 70.5 Å². The van der Waals surface area contributed by atoms with E-state index in [0.29, 0.717) is 17.1 Å². The zero-order chi connectivity index (χ0) is 17.7. The van der Waals surface area contributed by atoms with Crippen LogP contribution in [0.2, 0.25) is 0 Å². The van der Waals surface area contributed by atoms with Crippen molar-refractivity contribution >= 4 is 17.7 Å². The van der Waals surface area contributed by atoms with Gasteiger partial charge in [-0.05, 0) is 31.7 Å². The first-order valence-corrected chi connectivity index (χ1v) is 10.0. The molecule has 0 aromatic carbocycles. The number of guanidine groups is 1. The molecule has 2 unspecified atom stereocenters. The topological polar surface area (TPSA) is 45.5 Å². The van der Waals surface area contributed by atoms with E-state index in [1.807, 2.05) is 14.0 Å². The summed E-state index contributed by atoms with van der Waals surface area (Å²) in [4.78, 5) is 6.92. The smallest absolute Gasteiger partial charge is 0.193 e. The maximum atomic E-state index is 4.56. The van der Waals surface area contributed by atoms with E-state index in [0.717, 1.165) is 37.8 Å². The minimum atomic E-state index is 0.500. The molecule has 136 valence electrons. The number of nitrogens with zero attached hydrogens (tertiary/aromatic N) is 4. The molecule has 1 aliphatic rings. The molecule has 0 radical (unpaired) electrons. The van der Waals surface area contributed by atoms with Gasteiger partial charge < -0.3 is 10.2 Å². The number of rotatable bonds is 5. The van der Waals surface area contributed by atoms with Crippen LogP contribution in [0.5, 0.6) is 0 Å². The van der Waals surface area contributed by atoms with Crippen LogP contribution in [0.1, 0.15) is 32.2 Å². The fourth-order valence-corrected chi connectivity index (χ4v) is 4.39. The maximum Gasteiger partial charge on any atom is 0.193 e. The molecule has 6 heteroatoms. The third-order valence-electron chi connectivity index (χ3n) is 4.54. The lowest BCUT2D eigenvalue weighted by Gasteiger charge is -2.36. The summed E-state index contributed by atoms with van der Waals surface area (Å²) in [7, 11) is 1.89. The Morgan fingerprint density at radius 1 is 1.42 bits per heavy atom. The highest BCUT2D eigenvalue weighted by molar-refractivity contribution is 8.00. The summed E-state index contributed by atoms with van der Waals surface area (Å²) < 4.78 is 2.11. The fraction of sp³-hybridized carbons (Fsp3) is 0.778. The van der Waals surface area contributed by atoms with Gasteiger partial charge in [0.25, 0.3) is 0 Å². The predicted octanol–water partition coefficient (Wildman–Crippen LogP) is 2.78. The van der Waals surface area contributed by atoms with Crippen LogP contribution in [0, 0.1) is 25.7 Å². The first kappa shape index (κ1) is 19.2. The molecule has 0 bridgehead atoms. The van der Waals surface area contributed by atoms with E-state index < -0.39 is 0 Å². The van der Waals surface area contributed by atoms with E-state index in [1.165, 1.54) is 11.4 Å². The van der Waals surface area contributed by atoms with Crippen LogP contribution in [-0.4, -0.2) is 58.3 Å². The second-order valence-electron chi connectivity index (χ2n) is 7.24. The van der Waals surface area contributed by atoms with Crippen molar-refractivity contribution in [3.8, 4) is 0 Å². The van der Waals surface area contributed by atoms with Crippen LogP contribution in [0.3, 0.4) is 0 Å². The molecule has 1 aromatic rings. The summed E-state index contributed by atoms with van der Waals surface area (Å²) in [6, 6.07) is 2.14. The average Bonchev–Trinajstić information content (AvgIpc) is 2.85. The van der Waals surface area contributed by atoms with Crippen LogP contribution >= 0.6 is 11.8 Å². The molecule has 2 heterocycles. The minimum Gasteiger partial charge on any atom is -0.356 e. The molecule has 0 amide bonds. The number of hydrogen-bond acceptors (Lipinski definition) is 3. The van der Waals surface area contributed by atoms with Crippen molar-refractivity contribution in [1.82, 2.24) is 20.0 Å². The molecule has 2 atom stereocenters. The number of aliphatic imine (C=N–C) groups is 1. The molecule has 1 aliphatic heterocycles. The number of aromatic nitrogens is 2. The van der Waals surface area contributed by atoms with Gasteiger partial charge in [0.1, 0.15) is 0 Å². The van der Waals surface area contributed by atoms with E-state index in [4.69, 9.17) is 0 Å². The maximum absolute atomic E-state index is 4.56. The molecular weight excluding hydrogens is 318 g/mol. The third-order valence-corrected chi connectivity index (χ3v) is 6.08. The van der Waals surface area contributed by atoms with Crippen molar-refractivity contribution in [2.45, 2.75) is 46.4 Å². The third kappa shape index (κ3) is 5.16. The zero-order valence-electron chi connectivity index (χ0n) is 16.0. The number of nitrogens with one attached hydrogen (secondary N) is 1. The highest BCUT2D eigenvalue weighted by Gasteiger charge is 2.25. The predicted molar refractivity (Wildman–Crippen MR) is 105 cm³/mol. The normalized spacial score (nSPS) is 20.5. The summed E-state index contributed by atoms with van der Waals surface area (Å²) in [6.45, 7) is 15.1. The highest BCUT2D eigenvalue weighted by atomic mass is 32.2. The molecular formula is C18H33N5S. The number of hydrogen-bond donors (Lipinski definition) is 1. The molecule has 1 fully saturated rings. The van der Waals surface area contributed by atoms with Gasteiger partial charge in [-0.25, -0.2) is 0 Å². The van der Waals surface area contributed by atoms with Crippen molar-refractivity contribution < 1.29 is 0 Å². The molecule has 24 heavy (non-hydrogen) atoms. The van der Waals surface area contributed by atoms with Gasteiger partial charge in [-0.1, -0.05) is 20.8 Å². The molecule has 0 aliphatic carbocycles. The number of aryl methyl sites for hydroxylation is 2. The van der Waals surface area contributed by atoms with Crippen LogP contribution in [0.25, 0.3) is 0 Å². The van der Waals surface area contributed by atoms with Crippen molar-refractivity contribution in [3.05, 3.63) is 17.5 Å². The summed E-state index contributed by atoms with van der Waals surface area (Å²) in [6.07, 6.45) is 0. The van der Waals surface area contributed by atoms with Gasteiger partial charge >= 0.3 is 0 Å². The zero-order valence-corrected chi connectivity index (χ0v) is 16.9. The summed E-state index contributed by atoms with van der Waals surface area (Å²) >= 11 is 2.10. The minimum absolute atomic E-state index is 0.500.